The summed E-state index contributed by atoms with van der Waals surface area (Å²) in [6.07, 6.45) is 11.6. The van der Waals surface area contributed by atoms with Gasteiger partial charge in [0.2, 0.25) is 0 Å². The molecule has 2 aliphatic rings. The summed E-state index contributed by atoms with van der Waals surface area (Å²) in [4.78, 5) is 0. The van der Waals surface area contributed by atoms with Crippen molar-refractivity contribution in [2.75, 3.05) is 0 Å². The summed E-state index contributed by atoms with van der Waals surface area (Å²) in [5.74, 6) is 2.14. The maximum absolute atomic E-state index is 5.58. The first-order chi connectivity index (χ1) is 9.93. The van der Waals surface area contributed by atoms with E-state index in [0.717, 1.165) is 48.6 Å². The Kier molecular flexibility index (Phi) is 3.09. The first kappa shape index (κ1) is 12.2. The van der Waals surface area contributed by atoms with Gasteiger partial charge in [0.15, 0.2) is 0 Å². The van der Waals surface area contributed by atoms with E-state index in [-0.39, 0.29) is 0 Å². The quantitative estimate of drug-likeness (QED) is 0.739. The topological polar surface area (TPSA) is 52.1 Å². The highest BCUT2D eigenvalue weighted by atomic mass is 16.5. The molecule has 20 heavy (non-hydrogen) atoms. The fraction of sp³-hybridized carbons (Fsp3) is 0.625. The van der Waals surface area contributed by atoms with Crippen LogP contribution in [0, 0.1) is 0 Å². The van der Waals surface area contributed by atoms with Gasteiger partial charge in [0.1, 0.15) is 22.9 Å². The van der Waals surface area contributed by atoms with Crippen molar-refractivity contribution in [1.82, 2.24) is 10.3 Å². The summed E-state index contributed by atoms with van der Waals surface area (Å²) in [5.41, 5.74) is 4.47. The van der Waals surface area contributed by atoms with Crippen LogP contribution in [0.25, 0.3) is 11.4 Å². The minimum atomic E-state index is 0.953. The van der Waals surface area contributed by atoms with E-state index in [0.29, 0.717) is 0 Å². The fourth-order valence-corrected chi connectivity index (χ4v) is 3.50. The van der Waals surface area contributed by atoms with Gasteiger partial charge >= 0.3 is 0 Å². The molecule has 0 radical (unpaired) electrons. The first-order valence-electron chi connectivity index (χ1n) is 7.88. The highest BCUT2D eigenvalue weighted by Crippen LogP contribution is 2.35. The Morgan fingerprint density at radius 2 is 1.00 bits per heavy atom. The summed E-state index contributed by atoms with van der Waals surface area (Å²) < 4.78 is 11.2. The van der Waals surface area contributed by atoms with Crippen LogP contribution in [0.4, 0.5) is 0 Å². The Morgan fingerprint density at radius 3 is 1.50 bits per heavy atom. The molecule has 4 heteroatoms. The van der Waals surface area contributed by atoms with Crippen LogP contribution in [0.3, 0.4) is 0 Å². The van der Waals surface area contributed by atoms with Gasteiger partial charge in [0, 0.05) is 24.0 Å². The summed E-state index contributed by atoms with van der Waals surface area (Å²) in [6.45, 7) is 0. The molecule has 0 spiro atoms. The van der Waals surface area contributed by atoms with Gasteiger partial charge in [-0.1, -0.05) is 23.2 Å². The molecule has 0 aromatic carbocycles. The fourth-order valence-electron chi connectivity index (χ4n) is 3.50. The molecule has 0 saturated carbocycles. The number of aryl methyl sites for hydroxylation is 2. The SMILES string of the molecule is C1CCc2onc(-c3noc4c3CCCCC4)c2CC1. The second-order valence-electron chi connectivity index (χ2n) is 5.99. The van der Waals surface area contributed by atoms with Gasteiger partial charge in [-0.3, -0.25) is 0 Å². The Hall–Kier alpha value is -1.58. The Balaban J connectivity index is 1.78. The third kappa shape index (κ3) is 1.98. The predicted octanol–water partition coefficient (Wildman–Crippen LogP) is 3.87. The molecule has 2 aromatic rings. The van der Waals surface area contributed by atoms with Crippen LogP contribution in [-0.4, -0.2) is 10.3 Å². The van der Waals surface area contributed by atoms with Gasteiger partial charge in [0.25, 0.3) is 0 Å². The van der Waals surface area contributed by atoms with Crippen molar-refractivity contribution in [2.24, 2.45) is 0 Å². The lowest BCUT2D eigenvalue weighted by Crippen LogP contribution is -1.93. The van der Waals surface area contributed by atoms with Gasteiger partial charge < -0.3 is 9.05 Å². The van der Waals surface area contributed by atoms with E-state index in [1.807, 2.05) is 0 Å². The molecule has 2 aromatic heterocycles. The van der Waals surface area contributed by atoms with Crippen molar-refractivity contribution in [3.8, 4) is 11.4 Å². The molecule has 4 rings (SSSR count). The molecule has 4 nitrogen and oxygen atoms in total. The van der Waals surface area contributed by atoms with Crippen molar-refractivity contribution in [1.29, 1.82) is 0 Å². The van der Waals surface area contributed by atoms with Crippen molar-refractivity contribution >= 4 is 0 Å². The molecule has 0 aliphatic heterocycles. The molecular weight excluding hydrogens is 252 g/mol. The number of aromatic nitrogens is 2. The van der Waals surface area contributed by atoms with Crippen LogP contribution in [0.5, 0.6) is 0 Å². The minimum Gasteiger partial charge on any atom is -0.360 e. The number of fused-ring (bicyclic) bond motifs is 2. The molecule has 106 valence electrons. The monoisotopic (exact) mass is 272 g/mol. The van der Waals surface area contributed by atoms with Crippen LogP contribution < -0.4 is 0 Å². The van der Waals surface area contributed by atoms with E-state index in [9.17, 15) is 0 Å². The highest BCUT2D eigenvalue weighted by molar-refractivity contribution is 5.64. The van der Waals surface area contributed by atoms with Crippen LogP contribution in [0.15, 0.2) is 9.05 Å². The van der Waals surface area contributed by atoms with E-state index < -0.39 is 0 Å². The molecule has 2 aliphatic carbocycles. The zero-order valence-electron chi connectivity index (χ0n) is 11.8. The van der Waals surface area contributed by atoms with E-state index in [2.05, 4.69) is 10.3 Å². The third-order valence-electron chi connectivity index (χ3n) is 4.62. The lowest BCUT2D eigenvalue weighted by atomic mass is 10.0. The summed E-state index contributed by atoms with van der Waals surface area (Å²) in [5, 5.41) is 8.65. The first-order valence-corrected chi connectivity index (χ1v) is 7.88. The average molecular weight is 272 g/mol. The molecule has 0 unspecified atom stereocenters. The molecule has 2 heterocycles. The highest BCUT2D eigenvalue weighted by Gasteiger charge is 2.26. The average Bonchev–Trinajstić information content (AvgIpc) is 2.85. The zero-order valence-corrected chi connectivity index (χ0v) is 11.8. The Bertz CT molecular complexity index is 558. The zero-order chi connectivity index (χ0) is 13.4. The number of rotatable bonds is 1. The van der Waals surface area contributed by atoms with Crippen molar-refractivity contribution in [3.63, 3.8) is 0 Å². The van der Waals surface area contributed by atoms with Gasteiger partial charge in [-0.25, -0.2) is 0 Å². The Labute approximate surface area is 118 Å². The van der Waals surface area contributed by atoms with Crippen molar-refractivity contribution in [2.45, 2.75) is 64.2 Å². The minimum absolute atomic E-state index is 0.953. The van der Waals surface area contributed by atoms with E-state index in [1.165, 1.54) is 49.7 Å². The molecule has 0 fully saturated rings. The van der Waals surface area contributed by atoms with Crippen LogP contribution >= 0.6 is 0 Å². The standard InChI is InChI=1S/C16H20N2O2/c1-3-7-11-13(9-5-1)19-17-15(11)16-12-8-4-2-6-10-14(12)20-18-16/h1-10H2. The lowest BCUT2D eigenvalue weighted by Gasteiger charge is -2.00. The van der Waals surface area contributed by atoms with Crippen LogP contribution in [-0.2, 0) is 25.7 Å². The summed E-state index contributed by atoms with van der Waals surface area (Å²) >= 11 is 0. The number of hydrogen-bond donors (Lipinski definition) is 0. The molecule has 0 saturated heterocycles. The lowest BCUT2D eigenvalue weighted by molar-refractivity contribution is 0.375. The largest absolute Gasteiger partial charge is 0.360 e. The molecular formula is C16H20N2O2. The van der Waals surface area contributed by atoms with E-state index in [4.69, 9.17) is 9.05 Å². The predicted molar refractivity (Wildman–Crippen MR) is 74.5 cm³/mol. The van der Waals surface area contributed by atoms with E-state index in [1.54, 1.807) is 0 Å². The molecule has 0 bridgehead atoms. The van der Waals surface area contributed by atoms with E-state index >= 15 is 0 Å². The van der Waals surface area contributed by atoms with Crippen molar-refractivity contribution in [3.05, 3.63) is 22.6 Å². The third-order valence-corrected chi connectivity index (χ3v) is 4.62. The van der Waals surface area contributed by atoms with Crippen LogP contribution in [0.2, 0.25) is 0 Å². The second kappa shape index (κ2) is 5.08. The molecule has 0 atom stereocenters. The van der Waals surface area contributed by atoms with Gasteiger partial charge in [-0.2, -0.15) is 0 Å². The molecule has 0 N–H and O–H groups in total. The maximum Gasteiger partial charge on any atom is 0.140 e. The smallest absolute Gasteiger partial charge is 0.140 e. The second-order valence-corrected chi connectivity index (χ2v) is 5.99. The summed E-state index contributed by atoms with van der Waals surface area (Å²) in [6, 6.07) is 0. The number of nitrogens with zero attached hydrogens (tertiary/aromatic N) is 2. The summed E-state index contributed by atoms with van der Waals surface area (Å²) in [7, 11) is 0. The van der Waals surface area contributed by atoms with Crippen molar-refractivity contribution < 1.29 is 9.05 Å². The number of hydrogen-bond acceptors (Lipinski definition) is 4. The Morgan fingerprint density at radius 1 is 0.550 bits per heavy atom. The van der Waals surface area contributed by atoms with Gasteiger partial charge in [0.05, 0.1) is 0 Å². The van der Waals surface area contributed by atoms with Gasteiger partial charge in [-0.15, -0.1) is 0 Å². The normalized spacial score (nSPS) is 19.0. The maximum atomic E-state index is 5.58. The van der Waals surface area contributed by atoms with Crippen LogP contribution in [0.1, 0.15) is 61.2 Å². The molecule has 0 amide bonds. The van der Waals surface area contributed by atoms with Gasteiger partial charge in [-0.05, 0) is 38.5 Å².